The van der Waals surface area contributed by atoms with Crippen LogP contribution >= 0.6 is 0 Å². The first-order valence-corrected chi connectivity index (χ1v) is 15.9. The third-order valence-corrected chi connectivity index (χ3v) is 8.60. The number of ketones is 1. The summed E-state index contributed by atoms with van der Waals surface area (Å²) in [5.74, 6) is -1.06. The molecule has 0 bridgehead atoms. The summed E-state index contributed by atoms with van der Waals surface area (Å²) in [4.78, 5) is 39.0. The lowest BCUT2D eigenvalue weighted by Crippen LogP contribution is -2.42. The van der Waals surface area contributed by atoms with Gasteiger partial charge >= 0.3 is 5.97 Å². The van der Waals surface area contributed by atoms with Gasteiger partial charge in [-0.15, -0.1) is 0 Å². The molecule has 4 rings (SSSR count). The maximum Gasteiger partial charge on any atom is 0.310 e. The maximum atomic E-state index is 13.2. The Hall–Kier alpha value is -3.45. The van der Waals surface area contributed by atoms with E-state index in [0.717, 1.165) is 69.4 Å². The fraction of sp³-hybridized carbons (Fsp3) is 0.606. The van der Waals surface area contributed by atoms with E-state index >= 15 is 0 Å². The van der Waals surface area contributed by atoms with Crippen molar-refractivity contribution < 1.29 is 38.1 Å². The van der Waals surface area contributed by atoms with Gasteiger partial charge in [-0.05, 0) is 88.1 Å². The van der Waals surface area contributed by atoms with E-state index in [4.69, 9.17) is 29.4 Å². The van der Waals surface area contributed by atoms with Crippen molar-refractivity contribution in [2.75, 3.05) is 60.3 Å². The summed E-state index contributed by atoms with van der Waals surface area (Å²) in [5.41, 5.74) is 7.14. The Bertz CT molecular complexity index is 1220. The number of rotatable bonds is 20. The van der Waals surface area contributed by atoms with Crippen LogP contribution in [-0.4, -0.2) is 84.1 Å². The first-order valence-electron chi connectivity index (χ1n) is 15.9. The molecule has 5 N–H and O–H groups in total. The number of fused-ring (bicyclic) bond motifs is 3. The normalized spacial score (nSPS) is 22.1. The first kappa shape index (κ1) is 34.4. The monoisotopic (exact) mass is 628 g/mol. The smallest absolute Gasteiger partial charge is 0.310 e. The van der Waals surface area contributed by atoms with Crippen LogP contribution in [0.1, 0.15) is 61.6 Å². The van der Waals surface area contributed by atoms with Crippen LogP contribution in [0, 0.1) is 11.8 Å². The molecule has 1 aromatic carbocycles. The molecule has 2 heterocycles. The number of carbonyl (C=O) groups is 3. The number of hydrogen-bond donors (Lipinski definition) is 4. The number of benzene rings is 1. The zero-order chi connectivity index (χ0) is 32.2. The molecule has 1 aliphatic carbocycles. The van der Waals surface area contributed by atoms with Gasteiger partial charge in [0.05, 0.1) is 25.7 Å². The Labute approximate surface area is 265 Å². The third kappa shape index (κ3) is 8.84. The Morgan fingerprint density at radius 3 is 2.29 bits per heavy atom. The minimum atomic E-state index is -0.943. The van der Waals surface area contributed by atoms with Crippen LogP contribution in [-0.2, 0) is 28.6 Å². The zero-order valence-corrected chi connectivity index (χ0v) is 26.4. The molecule has 0 spiro atoms. The molecule has 0 saturated carbocycles. The molecule has 248 valence electrons. The SMILES string of the molecule is C=C(OC)C(=O)C(C=CC1c2cc3c(cc2C(NC(=O)CCCCNCCCCNCCCN)C2COC(=O)C12)OCO3)OC. The number of esters is 1. The van der Waals surface area contributed by atoms with Crippen molar-refractivity contribution in [3.05, 3.63) is 47.7 Å². The van der Waals surface area contributed by atoms with E-state index in [9.17, 15) is 14.4 Å². The lowest BCUT2D eigenvalue weighted by Gasteiger charge is -2.38. The van der Waals surface area contributed by atoms with Gasteiger partial charge in [-0.1, -0.05) is 18.7 Å². The van der Waals surface area contributed by atoms with Crippen LogP contribution < -0.4 is 31.2 Å². The zero-order valence-electron chi connectivity index (χ0n) is 26.4. The standard InChI is InChI=1S/C33H48N4O8/c1-21(41-2)32(39)26(42-3)11-10-22-23-17-27-28(45-20-44-27)18-24(23)31(25-19-43-33(40)30(22)25)37-29(38)9-4-5-13-35-14-6-7-15-36-16-8-12-34/h10-11,17-18,22,25-26,30-31,35-36H,1,4-9,12-16,19-20,34H2,2-3H3,(H,37,38). The molecule has 45 heavy (non-hydrogen) atoms. The molecule has 1 aromatic rings. The summed E-state index contributed by atoms with van der Waals surface area (Å²) in [5, 5.41) is 10.0. The predicted molar refractivity (Wildman–Crippen MR) is 168 cm³/mol. The molecule has 1 fully saturated rings. The van der Waals surface area contributed by atoms with E-state index in [1.807, 2.05) is 12.1 Å². The van der Waals surface area contributed by atoms with Crippen LogP contribution in [0.5, 0.6) is 11.5 Å². The lowest BCUT2D eigenvalue weighted by atomic mass is 9.67. The fourth-order valence-electron chi connectivity index (χ4n) is 6.14. The van der Waals surface area contributed by atoms with Gasteiger partial charge in [-0.2, -0.15) is 0 Å². The Morgan fingerprint density at radius 2 is 1.64 bits per heavy atom. The highest BCUT2D eigenvalue weighted by atomic mass is 16.7. The molecule has 0 radical (unpaired) electrons. The number of Topliss-reactive ketones (excluding diaryl/α,β-unsaturated/α-hetero) is 1. The molecular formula is C33H48N4O8. The molecule has 2 aliphatic heterocycles. The molecule has 3 aliphatic rings. The summed E-state index contributed by atoms with van der Waals surface area (Å²) < 4.78 is 27.3. The summed E-state index contributed by atoms with van der Waals surface area (Å²) in [6, 6.07) is 3.28. The minimum absolute atomic E-state index is 0.0297. The summed E-state index contributed by atoms with van der Waals surface area (Å²) >= 11 is 0. The number of nitrogens with one attached hydrogen (secondary N) is 3. The molecule has 1 amide bonds. The van der Waals surface area contributed by atoms with Gasteiger partial charge in [0, 0.05) is 25.4 Å². The molecule has 5 unspecified atom stereocenters. The second-order valence-electron chi connectivity index (χ2n) is 11.6. The average molecular weight is 629 g/mol. The topological polar surface area (TPSA) is 159 Å². The highest BCUT2D eigenvalue weighted by Gasteiger charge is 2.51. The van der Waals surface area contributed by atoms with Crippen LogP contribution in [0.4, 0.5) is 0 Å². The van der Waals surface area contributed by atoms with Crippen molar-refractivity contribution in [1.29, 1.82) is 0 Å². The van der Waals surface area contributed by atoms with Crippen molar-refractivity contribution in [3.8, 4) is 11.5 Å². The number of amides is 1. The Morgan fingerprint density at radius 1 is 1.00 bits per heavy atom. The van der Waals surface area contributed by atoms with E-state index in [1.165, 1.54) is 14.2 Å². The number of allylic oxidation sites excluding steroid dienone is 1. The van der Waals surface area contributed by atoms with E-state index < -0.39 is 29.8 Å². The number of ether oxygens (including phenoxy) is 5. The van der Waals surface area contributed by atoms with Gasteiger partial charge in [0.15, 0.2) is 17.3 Å². The van der Waals surface area contributed by atoms with Crippen molar-refractivity contribution in [2.45, 2.75) is 56.6 Å². The number of nitrogens with two attached hydrogens (primary N) is 1. The summed E-state index contributed by atoms with van der Waals surface area (Å²) in [7, 11) is 2.79. The van der Waals surface area contributed by atoms with Gasteiger partial charge in [-0.3, -0.25) is 14.4 Å². The first-order chi connectivity index (χ1) is 21.9. The van der Waals surface area contributed by atoms with Crippen molar-refractivity contribution >= 4 is 17.7 Å². The molecule has 12 heteroatoms. The van der Waals surface area contributed by atoms with E-state index in [2.05, 4.69) is 22.5 Å². The highest BCUT2D eigenvalue weighted by Crippen LogP contribution is 2.52. The fourth-order valence-corrected chi connectivity index (χ4v) is 6.14. The summed E-state index contributed by atoms with van der Waals surface area (Å²) in [6.45, 7) is 8.38. The van der Waals surface area contributed by atoms with Crippen molar-refractivity contribution in [1.82, 2.24) is 16.0 Å². The number of unbranched alkanes of at least 4 members (excludes halogenated alkanes) is 2. The quantitative estimate of drug-likeness (QED) is 0.0552. The third-order valence-electron chi connectivity index (χ3n) is 8.60. The lowest BCUT2D eigenvalue weighted by molar-refractivity contribution is -0.141. The second-order valence-corrected chi connectivity index (χ2v) is 11.6. The second kappa shape index (κ2) is 17.3. The van der Waals surface area contributed by atoms with Crippen LogP contribution in [0.2, 0.25) is 0 Å². The molecule has 1 saturated heterocycles. The van der Waals surface area contributed by atoms with Crippen LogP contribution in [0.25, 0.3) is 0 Å². The molecular weight excluding hydrogens is 580 g/mol. The van der Waals surface area contributed by atoms with Gasteiger partial charge in [-0.25, -0.2) is 0 Å². The number of methoxy groups -OCH3 is 2. The van der Waals surface area contributed by atoms with E-state index in [0.29, 0.717) is 24.5 Å². The summed E-state index contributed by atoms with van der Waals surface area (Å²) in [6.07, 6.45) is 7.68. The van der Waals surface area contributed by atoms with E-state index in [-0.39, 0.29) is 37.0 Å². The predicted octanol–water partition coefficient (Wildman–Crippen LogP) is 2.24. The van der Waals surface area contributed by atoms with Gasteiger partial charge < -0.3 is 45.4 Å². The largest absolute Gasteiger partial charge is 0.494 e. The van der Waals surface area contributed by atoms with Gasteiger partial charge in [0.2, 0.25) is 18.5 Å². The van der Waals surface area contributed by atoms with Gasteiger partial charge in [0.1, 0.15) is 6.10 Å². The Balaban J connectivity index is 1.39. The van der Waals surface area contributed by atoms with Crippen LogP contribution in [0.15, 0.2) is 36.6 Å². The molecule has 12 nitrogen and oxygen atoms in total. The van der Waals surface area contributed by atoms with Crippen molar-refractivity contribution in [3.63, 3.8) is 0 Å². The average Bonchev–Trinajstić information content (AvgIpc) is 3.67. The van der Waals surface area contributed by atoms with Crippen LogP contribution in [0.3, 0.4) is 0 Å². The molecule has 5 atom stereocenters. The number of hydrogen-bond acceptors (Lipinski definition) is 11. The maximum absolute atomic E-state index is 13.2. The number of carbonyl (C=O) groups excluding carboxylic acids is 3. The Kier molecular flexibility index (Phi) is 13.2. The van der Waals surface area contributed by atoms with Gasteiger partial charge in [0.25, 0.3) is 0 Å². The molecule has 0 aromatic heterocycles. The minimum Gasteiger partial charge on any atom is -0.494 e. The highest BCUT2D eigenvalue weighted by molar-refractivity contribution is 5.97. The number of cyclic esters (lactones) is 1. The van der Waals surface area contributed by atoms with Crippen molar-refractivity contribution in [2.24, 2.45) is 17.6 Å². The van der Waals surface area contributed by atoms with E-state index in [1.54, 1.807) is 12.2 Å².